The summed E-state index contributed by atoms with van der Waals surface area (Å²) in [6.45, 7) is 2.34. The number of hydrogen-bond donors (Lipinski definition) is 3. The van der Waals surface area contributed by atoms with Crippen LogP contribution in [0.3, 0.4) is 0 Å². The van der Waals surface area contributed by atoms with Gasteiger partial charge in [-0.3, -0.25) is 0 Å². The van der Waals surface area contributed by atoms with E-state index < -0.39 is 17.5 Å². The third-order valence-corrected chi connectivity index (χ3v) is 3.80. The van der Waals surface area contributed by atoms with Crippen molar-refractivity contribution < 1.29 is 14.7 Å². The Labute approximate surface area is 114 Å². The maximum Gasteiger partial charge on any atom is 0.329 e. The van der Waals surface area contributed by atoms with Gasteiger partial charge >= 0.3 is 12.0 Å². The molecule has 5 heteroatoms. The smallest absolute Gasteiger partial charge is 0.329 e. The Hall–Kier alpha value is -1.70. The Bertz CT molecular complexity index is 375. The summed E-state index contributed by atoms with van der Waals surface area (Å²) in [5.74, 6) is 1.48. The zero-order chi connectivity index (χ0) is 14.3. The van der Waals surface area contributed by atoms with E-state index in [9.17, 15) is 14.7 Å². The van der Waals surface area contributed by atoms with E-state index in [4.69, 9.17) is 6.42 Å². The summed E-state index contributed by atoms with van der Waals surface area (Å²) in [6.07, 6.45) is 9.56. The van der Waals surface area contributed by atoms with Crippen LogP contribution in [-0.2, 0) is 4.79 Å². The van der Waals surface area contributed by atoms with Crippen LogP contribution in [0.25, 0.3) is 0 Å². The summed E-state index contributed by atoms with van der Waals surface area (Å²) in [4.78, 5) is 23.3. The minimum atomic E-state index is -1.13. The molecular formula is C14H22N2O3. The fourth-order valence-corrected chi connectivity index (χ4v) is 2.54. The molecule has 2 amide bonds. The summed E-state index contributed by atoms with van der Waals surface area (Å²) in [7, 11) is 0. The number of carboxylic acid groups (broad SMARTS) is 1. The monoisotopic (exact) mass is 266 g/mol. The summed E-state index contributed by atoms with van der Waals surface area (Å²) >= 11 is 0. The molecule has 0 aromatic rings. The molecule has 0 bridgehead atoms. The molecule has 2 atom stereocenters. The first-order chi connectivity index (χ1) is 9.03. The van der Waals surface area contributed by atoms with Crippen molar-refractivity contribution >= 4 is 12.0 Å². The molecule has 1 fully saturated rings. The predicted octanol–water partition coefficient (Wildman–Crippen LogP) is 1.73. The second kappa shape index (κ2) is 7.03. The molecule has 0 radical (unpaired) electrons. The highest BCUT2D eigenvalue weighted by Gasteiger charge is 2.46. The summed E-state index contributed by atoms with van der Waals surface area (Å²) in [5.41, 5.74) is -1.13. The van der Waals surface area contributed by atoms with Crippen molar-refractivity contribution in [3.63, 3.8) is 0 Å². The number of hydrogen-bond acceptors (Lipinski definition) is 2. The van der Waals surface area contributed by atoms with Crippen molar-refractivity contribution in [2.75, 3.05) is 6.54 Å². The molecule has 2 unspecified atom stereocenters. The van der Waals surface area contributed by atoms with Crippen LogP contribution in [0.4, 0.5) is 4.79 Å². The van der Waals surface area contributed by atoms with Crippen molar-refractivity contribution in [1.82, 2.24) is 10.6 Å². The third kappa shape index (κ3) is 3.88. The molecule has 1 aliphatic carbocycles. The lowest BCUT2D eigenvalue weighted by Crippen LogP contribution is -2.61. The van der Waals surface area contributed by atoms with E-state index in [1.807, 2.05) is 6.92 Å². The van der Waals surface area contributed by atoms with Gasteiger partial charge in [0, 0.05) is 13.0 Å². The zero-order valence-electron chi connectivity index (χ0n) is 11.4. The lowest BCUT2D eigenvalue weighted by atomic mass is 9.73. The molecule has 106 valence electrons. The quantitative estimate of drug-likeness (QED) is 0.524. The van der Waals surface area contributed by atoms with Crippen LogP contribution in [-0.4, -0.2) is 29.2 Å². The van der Waals surface area contributed by atoms with Crippen molar-refractivity contribution in [1.29, 1.82) is 0 Å². The summed E-state index contributed by atoms with van der Waals surface area (Å²) < 4.78 is 0. The number of amides is 2. The summed E-state index contributed by atoms with van der Waals surface area (Å²) in [6, 6.07) is -0.423. The number of urea groups is 1. The molecule has 0 aromatic carbocycles. The normalized spacial score (nSPS) is 26.2. The van der Waals surface area contributed by atoms with Crippen LogP contribution in [0.2, 0.25) is 0 Å². The maximum atomic E-state index is 11.8. The predicted molar refractivity (Wildman–Crippen MR) is 72.6 cm³/mol. The largest absolute Gasteiger partial charge is 0.479 e. The number of nitrogens with one attached hydrogen (secondary N) is 2. The molecule has 19 heavy (non-hydrogen) atoms. The minimum Gasteiger partial charge on any atom is -0.479 e. The first kappa shape index (κ1) is 15.4. The molecule has 0 heterocycles. The van der Waals surface area contributed by atoms with Crippen molar-refractivity contribution in [3.8, 4) is 12.3 Å². The van der Waals surface area contributed by atoms with E-state index in [1.165, 1.54) is 0 Å². The van der Waals surface area contributed by atoms with Crippen LogP contribution < -0.4 is 10.6 Å². The van der Waals surface area contributed by atoms with Crippen molar-refractivity contribution in [2.24, 2.45) is 5.92 Å². The SMILES string of the molecule is C#CCCCNC(=O)NC1(C(=O)O)CCCCC1C. The van der Waals surface area contributed by atoms with Gasteiger partial charge in [-0.25, -0.2) is 9.59 Å². The van der Waals surface area contributed by atoms with Crippen molar-refractivity contribution in [2.45, 2.75) is 51.0 Å². The van der Waals surface area contributed by atoms with Gasteiger partial charge in [-0.1, -0.05) is 19.8 Å². The highest BCUT2D eigenvalue weighted by molar-refractivity contribution is 5.86. The van der Waals surface area contributed by atoms with Gasteiger partial charge in [0.25, 0.3) is 0 Å². The van der Waals surface area contributed by atoms with Crippen molar-refractivity contribution in [3.05, 3.63) is 0 Å². The van der Waals surface area contributed by atoms with E-state index in [1.54, 1.807) is 0 Å². The van der Waals surface area contributed by atoms with Gasteiger partial charge in [0.1, 0.15) is 5.54 Å². The molecule has 0 saturated heterocycles. The van der Waals surface area contributed by atoms with Crippen LogP contribution >= 0.6 is 0 Å². The van der Waals surface area contributed by atoms with Crippen LogP contribution in [0, 0.1) is 18.3 Å². The fourth-order valence-electron chi connectivity index (χ4n) is 2.54. The Kier molecular flexibility index (Phi) is 5.68. The van der Waals surface area contributed by atoms with E-state index >= 15 is 0 Å². The number of carbonyl (C=O) groups excluding carboxylic acids is 1. The Morgan fingerprint density at radius 3 is 2.79 bits per heavy atom. The maximum absolute atomic E-state index is 11.8. The minimum absolute atomic E-state index is 0.0600. The molecule has 1 aliphatic rings. The second-order valence-electron chi connectivity index (χ2n) is 5.11. The number of carbonyl (C=O) groups is 2. The van der Waals surface area contributed by atoms with Crippen LogP contribution in [0.5, 0.6) is 0 Å². The first-order valence-electron chi connectivity index (χ1n) is 6.76. The van der Waals surface area contributed by atoms with Gasteiger partial charge in [0.05, 0.1) is 0 Å². The molecule has 0 aromatic heterocycles. The lowest BCUT2D eigenvalue weighted by Gasteiger charge is -2.39. The highest BCUT2D eigenvalue weighted by Crippen LogP contribution is 2.33. The summed E-state index contributed by atoms with van der Waals surface area (Å²) in [5, 5.41) is 14.8. The standard InChI is InChI=1S/C14H22N2O3/c1-3-4-7-10-15-13(19)16-14(12(17)18)9-6-5-8-11(14)2/h1,11H,4-10H2,2H3,(H,17,18)(H2,15,16,19). The molecule has 1 rings (SSSR count). The van der Waals surface area contributed by atoms with Crippen LogP contribution in [0.15, 0.2) is 0 Å². The molecule has 0 aliphatic heterocycles. The number of unbranched alkanes of at least 4 members (excludes halogenated alkanes) is 1. The molecule has 0 spiro atoms. The van der Waals surface area contributed by atoms with E-state index in [0.717, 1.165) is 19.3 Å². The van der Waals surface area contributed by atoms with Gasteiger partial charge in [0.2, 0.25) is 0 Å². The Morgan fingerprint density at radius 1 is 1.47 bits per heavy atom. The molecule has 3 N–H and O–H groups in total. The number of carboxylic acids is 1. The van der Waals surface area contributed by atoms with Gasteiger partial charge in [-0.15, -0.1) is 12.3 Å². The number of terminal acetylenes is 1. The number of rotatable bonds is 5. The van der Waals surface area contributed by atoms with E-state index in [2.05, 4.69) is 16.6 Å². The van der Waals surface area contributed by atoms with Gasteiger partial charge in [0.15, 0.2) is 0 Å². The Morgan fingerprint density at radius 2 is 2.21 bits per heavy atom. The average molecular weight is 266 g/mol. The molecular weight excluding hydrogens is 244 g/mol. The fraction of sp³-hybridized carbons (Fsp3) is 0.714. The van der Waals surface area contributed by atoms with Gasteiger partial charge in [-0.05, 0) is 25.2 Å². The molecule has 1 saturated carbocycles. The van der Waals surface area contributed by atoms with E-state index in [0.29, 0.717) is 25.8 Å². The van der Waals surface area contributed by atoms with E-state index in [-0.39, 0.29) is 5.92 Å². The Balaban J connectivity index is 2.56. The third-order valence-electron chi connectivity index (χ3n) is 3.80. The zero-order valence-corrected chi connectivity index (χ0v) is 11.4. The van der Waals surface area contributed by atoms with Gasteiger partial charge < -0.3 is 15.7 Å². The van der Waals surface area contributed by atoms with Crippen LogP contribution in [0.1, 0.15) is 45.4 Å². The van der Waals surface area contributed by atoms with Gasteiger partial charge in [-0.2, -0.15) is 0 Å². The number of aliphatic carboxylic acids is 1. The molecule has 5 nitrogen and oxygen atoms in total. The topological polar surface area (TPSA) is 78.4 Å². The first-order valence-corrected chi connectivity index (χ1v) is 6.76. The lowest BCUT2D eigenvalue weighted by molar-refractivity contribution is -0.148. The average Bonchev–Trinajstić information content (AvgIpc) is 2.37. The highest BCUT2D eigenvalue weighted by atomic mass is 16.4. The second-order valence-corrected chi connectivity index (χ2v) is 5.11.